The molecule has 0 aliphatic carbocycles. The molecule has 1 heterocycles. The smallest absolute Gasteiger partial charge is 0.264 e. The number of carbonyl (C=O) groups excluding carboxylic acids is 1. The SMILES string of the molecule is COc1ccc(-c2ccc3c(=O)n(CC[C@](C)(C(=O)NO)S(C)(=O)=O)cnc3c2)c(F)c1. The van der Waals surface area contributed by atoms with Gasteiger partial charge in [0.2, 0.25) is 0 Å². The van der Waals surface area contributed by atoms with Crippen molar-refractivity contribution in [3.8, 4) is 16.9 Å². The van der Waals surface area contributed by atoms with Crippen LogP contribution < -0.4 is 15.8 Å². The van der Waals surface area contributed by atoms with Gasteiger partial charge in [-0.1, -0.05) is 6.07 Å². The van der Waals surface area contributed by atoms with Gasteiger partial charge in [0.15, 0.2) is 14.6 Å². The third kappa shape index (κ3) is 4.21. The zero-order chi connectivity index (χ0) is 23.7. The maximum atomic E-state index is 14.4. The summed E-state index contributed by atoms with van der Waals surface area (Å²) in [6.45, 7) is 1.04. The number of hydrogen-bond acceptors (Lipinski definition) is 7. The van der Waals surface area contributed by atoms with E-state index < -0.39 is 31.9 Å². The highest BCUT2D eigenvalue weighted by atomic mass is 32.2. The Bertz CT molecular complexity index is 1360. The predicted molar refractivity (Wildman–Crippen MR) is 116 cm³/mol. The minimum atomic E-state index is -3.90. The van der Waals surface area contributed by atoms with E-state index in [2.05, 4.69) is 4.98 Å². The molecule has 0 fully saturated rings. The average molecular weight is 463 g/mol. The first kappa shape index (κ1) is 23.4. The summed E-state index contributed by atoms with van der Waals surface area (Å²) in [5.41, 5.74) is 2.09. The van der Waals surface area contributed by atoms with Crippen LogP contribution in [0.1, 0.15) is 13.3 Å². The first-order chi connectivity index (χ1) is 15.0. The largest absolute Gasteiger partial charge is 0.497 e. The van der Waals surface area contributed by atoms with Crippen LogP contribution >= 0.6 is 0 Å². The summed E-state index contributed by atoms with van der Waals surface area (Å²) in [6.07, 6.45) is 1.85. The molecule has 0 aliphatic rings. The van der Waals surface area contributed by atoms with E-state index in [0.717, 1.165) is 6.26 Å². The van der Waals surface area contributed by atoms with Crippen LogP contribution in [0.15, 0.2) is 47.5 Å². The Kier molecular flexibility index (Phi) is 6.33. The molecule has 1 amide bonds. The van der Waals surface area contributed by atoms with Crippen molar-refractivity contribution in [2.24, 2.45) is 0 Å². The van der Waals surface area contributed by atoms with Crippen LogP contribution in [0.3, 0.4) is 0 Å². The first-order valence-corrected chi connectivity index (χ1v) is 11.4. The molecule has 1 aromatic heterocycles. The number of hydrogen-bond donors (Lipinski definition) is 2. The molecule has 0 saturated heterocycles. The zero-order valence-electron chi connectivity index (χ0n) is 17.6. The molecule has 0 bridgehead atoms. The van der Waals surface area contributed by atoms with Crippen LogP contribution in [0, 0.1) is 5.82 Å². The van der Waals surface area contributed by atoms with Crippen molar-refractivity contribution in [3.63, 3.8) is 0 Å². The van der Waals surface area contributed by atoms with Gasteiger partial charge in [-0.3, -0.25) is 19.4 Å². The molecule has 0 unspecified atom stereocenters. The zero-order valence-corrected chi connectivity index (χ0v) is 18.4. The normalized spacial score (nSPS) is 13.5. The summed E-state index contributed by atoms with van der Waals surface area (Å²) in [5.74, 6) is -1.20. The highest BCUT2D eigenvalue weighted by Crippen LogP contribution is 2.28. The molecular weight excluding hydrogens is 441 g/mol. The van der Waals surface area contributed by atoms with Gasteiger partial charge >= 0.3 is 0 Å². The second-order valence-electron chi connectivity index (χ2n) is 7.51. The van der Waals surface area contributed by atoms with Gasteiger partial charge in [-0.25, -0.2) is 23.3 Å². The van der Waals surface area contributed by atoms with Gasteiger partial charge in [0, 0.05) is 24.4 Å². The molecule has 0 radical (unpaired) electrons. The van der Waals surface area contributed by atoms with Gasteiger partial charge < -0.3 is 4.74 Å². The Balaban J connectivity index is 1.95. The van der Waals surface area contributed by atoms with E-state index in [4.69, 9.17) is 9.94 Å². The Morgan fingerprint density at radius 2 is 2.00 bits per heavy atom. The molecule has 11 heteroatoms. The second-order valence-corrected chi connectivity index (χ2v) is 9.96. The number of rotatable bonds is 7. The summed E-state index contributed by atoms with van der Waals surface area (Å²) < 4.78 is 42.8. The van der Waals surface area contributed by atoms with E-state index >= 15 is 0 Å². The lowest BCUT2D eigenvalue weighted by molar-refractivity contribution is -0.131. The second kappa shape index (κ2) is 8.67. The number of nitrogens with zero attached hydrogens (tertiary/aromatic N) is 2. The van der Waals surface area contributed by atoms with E-state index in [1.54, 1.807) is 24.3 Å². The molecule has 170 valence electrons. The lowest BCUT2D eigenvalue weighted by Crippen LogP contribution is -2.50. The molecule has 3 aromatic rings. The topological polar surface area (TPSA) is 128 Å². The van der Waals surface area contributed by atoms with E-state index in [-0.39, 0.29) is 18.4 Å². The Labute approximate surface area is 183 Å². The number of sulfone groups is 1. The van der Waals surface area contributed by atoms with Crippen LogP contribution in [-0.4, -0.2) is 47.2 Å². The van der Waals surface area contributed by atoms with Crippen molar-refractivity contribution in [1.29, 1.82) is 0 Å². The van der Waals surface area contributed by atoms with Crippen LogP contribution in [0.4, 0.5) is 4.39 Å². The average Bonchev–Trinajstić information content (AvgIpc) is 2.76. The third-order valence-electron chi connectivity index (χ3n) is 5.54. The van der Waals surface area contributed by atoms with Crippen molar-refractivity contribution in [2.75, 3.05) is 13.4 Å². The molecule has 3 rings (SSSR count). The van der Waals surface area contributed by atoms with E-state index in [1.165, 1.54) is 42.5 Å². The van der Waals surface area contributed by atoms with Crippen molar-refractivity contribution in [2.45, 2.75) is 24.6 Å². The molecule has 0 saturated carbocycles. The molecule has 2 N–H and O–H groups in total. The summed E-state index contributed by atoms with van der Waals surface area (Å²) in [5, 5.41) is 9.17. The number of aromatic nitrogens is 2. The molecule has 9 nitrogen and oxygen atoms in total. The van der Waals surface area contributed by atoms with Crippen molar-refractivity contribution in [3.05, 3.63) is 58.9 Å². The van der Waals surface area contributed by atoms with Crippen LogP contribution in [-0.2, 0) is 21.2 Å². The van der Waals surface area contributed by atoms with E-state index in [9.17, 15) is 22.4 Å². The lowest BCUT2D eigenvalue weighted by Gasteiger charge is -2.25. The summed E-state index contributed by atoms with van der Waals surface area (Å²) in [6, 6.07) is 9.11. The molecule has 0 spiro atoms. The number of aryl methyl sites for hydroxylation is 1. The molecule has 0 aliphatic heterocycles. The number of ether oxygens (including phenoxy) is 1. The maximum absolute atomic E-state index is 14.4. The van der Waals surface area contributed by atoms with Crippen LogP contribution in [0.25, 0.3) is 22.0 Å². The summed E-state index contributed by atoms with van der Waals surface area (Å²) in [4.78, 5) is 29.1. The minimum absolute atomic E-state index is 0.131. The Morgan fingerprint density at radius 1 is 1.28 bits per heavy atom. The number of amides is 1. The number of fused-ring (bicyclic) bond motifs is 1. The van der Waals surface area contributed by atoms with Crippen LogP contribution in [0.5, 0.6) is 5.75 Å². The number of methoxy groups -OCH3 is 1. The van der Waals surface area contributed by atoms with Crippen molar-refractivity contribution >= 4 is 26.6 Å². The van der Waals surface area contributed by atoms with Crippen molar-refractivity contribution < 1.29 is 27.5 Å². The van der Waals surface area contributed by atoms with E-state index in [1.807, 2.05) is 0 Å². The molecule has 32 heavy (non-hydrogen) atoms. The van der Waals surface area contributed by atoms with Gasteiger partial charge in [-0.2, -0.15) is 0 Å². The Morgan fingerprint density at radius 3 is 2.59 bits per heavy atom. The summed E-state index contributed by atoms with van der Waals surface area (Å²) in [7, 11) is -2.46. The van der Waals surface area contributed by atoms with Gasteiger partial charge in [0.05, 0.1) is 24.3 Å². The standard InChI is InChI=1S/C21H22FN3O6S/c1-21(20(27)24-28,32(3,29)30)8-9-25-12-23-18-10-13(4-6-16(18)19(25)26)15-7-5-14(31-2)11-17(15)22/h4-7,10-12,28H,8-9H2,1-3H3,(H,24,27)/t21-/m1/s1. The number of benzene rings is 2. The predicted octanol–water partition coefficient (Wildman–Crippen LogP) is 1.91. The highest BCUT2D eigenvalue weighted by molar-refractivity contribution is 7.92. The fourth-order valence-corrected chi connectivity index (χ4v) is 4.11. The quantitative estimate of drug-likeness (QED) is 0.405. The monoisotopic (exact) mass is 463 g/mol. The van der Waals surface area contributed by atoms with Gasteiger partial charge in [0.25, 0.3) is 11.5 Å². The summed E-state index contributed by atoms with van der Waals surface area (Å²) >= 11 is 0. The molecule has 2 aromatic carbocycles. The van der Waals surface area contributed by atoms with Gasteiger partial charge in [0.1, 0.15) is 11.6 Å². The number of carbonyl (C=O) groups is 1. The minimum Gasteiger partial charge on any atom is -0.497 e. The Hall–Kier alpha value is -3.31. The van der Waals surface area contributed by atoms with Crippen LogP contribution in [0.2, 0.25) is 0 Å². The van der Waals surface area contributed by atoms with E-state index in [0.29, 0.717) is 22.4 Å². The lowest BCUT2D eigenvalue weighted by atomic mass is 10.0. The number of hydroxylamine groups is 1. The van der Waals surface area contributed by atoms with Gasteiger partial charge in [-0.15, -0.1) is 0 Å². The van der Waals surface area contributed by atoms with Gasteiger partial charge in [-0.05, 0) is 43.2 Å². The highest BCUT2D eigenvalue weighted by Gasteiger charge is 2.43. The molecule has 1 atom stereocenters. The van der Waals surface area contributed by atoms with Crippen molar-refractivity contribution in [1.82, 2.24) is 15.0 Å². The molecular formula is C21H22FN3O6S. The first-order valence-electron chi connectivity index (χ1n) is 9.49. The number of nitrogens with one attached hydrogen (secondary N) is 1. The third-order valence-corrected chi connectivity index (χ3v) is 7.57. The fourth-order valence-electron chi connectivity index (χ4n) is 3.26. The maximum Gasteiger partial charge on any atom is 0.264 e. The fraction of sp³-hybridized carbons (Fsp3) is 0.286. The number of halogens is 1.